The lowest BCUT2D eigenvalue weighted by Gasteiger charge is -2.14. The van der Waals surface area contributed by atoms with E-state index < -0.39 is 0 Å². The molecule has 3 aromatic rings. The normalized spacial score (nSPS) is 13.2. The van der Waals surface area contributed by atoms with Crippen molar-refractivity contribution in [3.8, 4) is 5.69 Å². The van der Waals surface area contributed by atoms with E-state index in [-0.39, 0.29) is 6.54 Å². The van der Waals surface area contributed by atoms with Gasteiger partial charge in [0, 0.05) is 23.3 Å². The molecule has 0 radical (unpaired) electrons. The summed E-state index contributed by atoms with van der Waals surface area (Å²) in [6, 6.07) is 11.8. The quantitative estimate of drug-likeness (QED) is 0.685. The lowest BCUT2D eigenvalue weighted by atomic mass is 10.0. The van der Waals surface area contributed by atoms with E-state index >= 15 is 0 Å². The Morgan fingerprint density at radius 2 is 2.12 bits per heavy atom. The van der Waals surface area contributed by atoms with Gasteiger partial charge in [0.25, 0.3) is 0 Å². The fraction of sp³-hybridized carbons (Fsp3) is 0.176. The second-order valence-corrected chi connectivity index (χ2v) is 6.64. The lowest BCUT2D eigenvalue weighted by molar-refractivity contribution is -0.0754. The van der Waals surface area contributed by atoms with Gasteiger partial charge in [0.05, 0.1) is 23.6 Å². The molecule has 3 heterocycles. The average molecular weight is 399 g/mol. The van der Waals surface area contributed by atoms with Crippen LogP contribution >= 0.6 is 15.9 Å². The minimum Gasteiger partial charge on any atom is -0.314 e. The van der Waals surface area contributed by atoms with Gasteiger partial charge in [0.2, 0.25) is 0 Å². The molecule has 4 rings (SSSR count). The van der Waals surface area contributed by atoms with Crippen molar-refractivity contribution in [2.45, 2.75) is 13.1 Å². The lowest BCUT2D eigenvalue weighted by Crippen LogP contribution is -2.17. The number of hydrogen-bond donors (Lipinski definition) is 1. The Morgan fingerprint density at radius 3 is 2.88 bits per heavy atom. The first-order valence-electron chi connectivity index (χ1n) is 7.73. The SMILES string of the molecule is CN(O)Cc1nnc2n1-c1ccc(Br)cc1C(c1ccccn1)=NC2. The first-order valence-corrected chi connectivity index (χ1v) is 8.52. The molecule has 1 aliphatic heterocycles. The smallest absolute Gasteiger partial charge is 0.159 e. The molecule has 1 aliphatic rings. The molecule has 25 heavy (non-hydrogen) atoms. The number of aliphatic imine (C=N–C) groups is 1. The second-order valence-electron chi connectivity index (χ2n) is 5.72. The summed E-state index contributed by atoms with van der Waals surface area (Å²) >= 11 is 3.54. The Labute approximate surface area is 152 Å². The van der Waals surface area contributed by atoms with Crippen molar-refractivity contribution >= 4 is 21.6 Å². The summed E-state index contributed by atoms with van der Waals surface area (Å²) in [5.41, 5.74) is 3.47. The van der Waals surface area contributed by atoms with Gasteiger partial charge < -0.3 is 5.21 Å². The number of hydrogen-bond acceptors (Lipinski definition) is 6. The zero-order chi connectivity index (χ0) is 17.4. The highest BCUT2D eigenvalue weighted by Crippen LogP contribution is 2.28. The molecule has 8 heteroatoms. The van der Waals surface area contributed by atoms with Crippen LogP contribution in [-0.4, -0.2) is 42.8 Å². The Bertz CT molecular complexity index is 951. The van der Waals surface area contributed by atoms with E-state index in [0.717, 1.165) is 38.0 Å². The fourth-order valence-corrected chi connectivity index (χ4v) is 3.25. The van der Waals surface area contributed by atoms with Gasteiger partial charge in [-0.3, -0.25) is 14.5 Å². The van der Waals surface area contributed by atoms with Crippen LogP contribution in [0.15, 0.2) is 52.1 Å². The van der Waals surface area contributed by atoms with E-state index in [1.165, 1.54) is 0 Å². The Balaban J connectivity index is 1.94. The topological polar surface area (TPSA) is 79.4 Å². The molecule has 0 unspecified atom stereocenters. The molecule has 7 nitrogen and oxygen atoms in total. The molecule has 0 amide bonds. The van der Waals surface area contributed by atoms with Crippen molar-refractivity contribution in [1.29, 1.82) is 0 Å². The highest BCUT2D eigenvalue weighted by molar-refractivity contribution is 9.10. The third kappa shape index (κ3) is 2.99. The van der Waals surface area contributed by atoms with E-state index in [1.54, 1.807) is 13.2 Å². The zero-order valence-corrected chi connectivity index (χ0v) is 15.1. The van der Waals surface area contributed by atoms with Crippen LogP contribution in [0, 0.1) is 0 Å². The highest BCUT2D eigenvalue weighted by atomic mass is 79.9. The van der Waals surface area contributed by atoms with Crippen molar-refractivity contribution in [2.75, 3.05) is 7.05 Å². The van der Waals surface area contributed by atoms with Crippen molar-refractivity contribution in [2.24, 2.45) is 4.99 Å². The summed E-state index contributed by atoms with van der Waals surface area (Å²) < 4.78 is 2.90. The molecule has 0 bridgehead atoms. The highest BCUT2D eigenvalue weighted by Gasteiger charge is 2.23. The van der Waals surface area contributed by atoms with E-state index in [2.05, 4.69) is 31.1 Å². The van der Waals surface area contributed by atoms with E-state index in [0.29, 0.717) is 12.4 Å². The van der Waals surface area contributed by atoms with Crippen molar-refractivity contribution in [3.05, 3.63) is 70.0 Å². The van der Waals surface area contributed by atoms with Gasteiger partial charge >= 0.3 is 0 Å². The van der Waals surface area contributed by atoms with E-state index in [9.17, 15) is 5.21 Å². The van der Waals surface area contributed by atoms with Gasteiger partial charge in [0.15, 0.2) is 11.6 Å². The number of halogens is 1. The minimum absolute atomic E-state index is 0.265. The third-order valence-electron chi connectivity index (χ3n) is 3.91. The fourth-order valence-electron chi connectivity index (χ4n) is 2.89. The van der Waals surface area contributed by atoms with E-state index in [1.807, 2.05) is 41.0 Å². The molecule has 2 aromatic heterocycles. The summed E-state index contributed by atoms with van der Waals surface area (Å²) in [6.45, 7) is 0.655. The van der Waals surface area contributed by atoms with Gasteiger partial charge in [-0.05, 0) is 30.3 Å². The molecular formula is C17H15BrN6O. The van der Waals surface area contributed by atoms with Gasteiger partial charge in [-0.2, -0.15) is 5.06 Å². The van der Waals surface area contributed by atoms with Crippen LogP contribution in [0.2, 0.25) is 0 Å². The van der Waals surface area contributed by atoms with Crippen LogP contribution in [0.5, 0.6) is 0 Å². The summed E-state index contributed by atoms with van der Waals surface area (Å²) in [6.07, 6.45) is 1.76. The molecule has 0 spiro atoms. The number of hydroxylamine groups is 2. The van der Waals surface area contributed by atoms with Crippen LogP contribution in [0.1, 0.15) is 22.9 Å². The molecule has 0 atom stereocenters. The van der Waals surface area contributed by atoms with Gasteiger partial charge in [-0.25, -0.2) is 0 Å². The third-order valence-corrected chi connectivity index (χ3v) is 4.40. The second kappa shape index (κ2) is 6.47. The Morgan fingerprint density at radius 1 is 1.24 bits per heavy atom. The number of fused-ring (bicyclic) bond motifs is 3. The maximum atomic E-state index is 9.62. The number of rotatable bonds is 3. The molecule has 0 saturated carbocycles. The van der Waals surface area contributed by atoms with Crippen molar-refractivity contribution in [1.82, 2.24) is 24.8 Å². The maximum absolute atomic E-state index is 9.62. The van der Waals surface area contributed by atoms with Gasteiger partial charge in [0.1, 0.15) is 6.54 Å². The van der Waals surface area contributed by atoms with Crippen LogP contribution < -0.4 is 0 Å². The zero-order valence-electron chi connectivity index (χ0n) is 13.5. The Kier molecular flexibility index (Phi) is 4.16. The van der Waals surface area contributed by atoms with Crippen molar-refractivity contribution < 1.29 is 5.21 Å². The van der Waals surface area contributed by atoms with Crippen molar-refractivity contribution in [3.63, 3.8) is 0 Å². The standard InChI is InChI=1S/C17H15BrN6O/c1-23(25)10-16-22-21-15-9-20-17(13-4-2-3-7-19-13)12-8-11(18)5-6-14(12)24(15)16/h2-8,25H,9-10H2,1H3. The minimum atomic E-state index is 0.265. The summed E-state index contributed by atoms with van der Waals surface area (Å²) in [4.78, 5) is 9.19. The molecule has 0 aliphatic carbocycles. The Hall–Kier alpha value is -2.42. The maximum Gasteiger partial charge on any atom is 0.159 e. The molecule has 0 saturated heterocycles. The molecule has 126 valence electrons. The average Bonchev–Trinajstić information content (AvgIpc) is 2.90. The number of nitrogens with zero attached hydrogens (tertiary/aromatic N) is 6. The van der Waals surface area contributed by atoms with E-state index in [4.69, 9.17) is 4.99 Å². The van der Waals surface area contributed by atoms with Gasteiger partial charge in [-0.1, -0.05) is 22.0 Å². The number of pyridine rings is 1. The molecular weight excluding hydrogens is 384 g/mol. The molecule has 1 aromatic carbocycles. The number of benzene rings is 1. The predicted molar refractivity (Wildman–Crippen MR) is 95.9 cm³/mol. The predicted octanol–water partition coefficient (Wildman–Crippen LogP) is 2.60. The van der Waals surface area contributed by atoms with Crippen LogP contribution in [0.25, 0.3) is 5.69 Å². The monoisotopic (exact) mass is 398 g/mol. The van der Waals surface area contributed by atoms with Crippen LogP contribution in [0.3, 0.4) is 0 Å². The first-order chi connectivity index (χ1) is 12.1. The summed E-state index contributed by atoms with van der Waals surface area (Å²) in [5.74, 6) is 1.38. The number of aromatic nitrogens is 4. The van der Waals surface area contributed by atoms with Crippen LogP contribution in [-0.2, 0) is 13.1 Å². The van der Waals surface area contributed by atoms with Crippen LogP contribution in [0.4, 0.5) is 0 Å². The molecule has 1 N–H and O–H groups in total. The summed E-state index contributed by atoms with van der Waals surface area (Å²) in [5, 5.41) is 19.2. The first kappa shape index (κ1) is 16.1. The molecule has 0 fully saturated rings. The largest absolute Gasteiger partial charge is 0.314 e. The summed E-state index contributed by atoms with van der Waals surface area (Å²) in [7, 11) is 1.58. The van der Waals surface area contributed by atoms with Gasteiger partial charge in [-0.15, -0.1) is 10.2 Å².